The first-order chi connectivity index (χ1) is 9.85. The van der Waals surface area contributed by atoms with Crippen LogP contribution >= 0.6 is 15.9 Å². The highest BCUT2D eigenvalue weighted by Gasteiger charge is 2.42. The number of hydrogen-bond donors (Lipinski definition) is 2. The molecule has 2 N–H and O–H groups in total. The molecule has 0 spiro atoms. The van der Waals surface area contributed by atoms with E-state index in [9.17, 15) is 14.7 Å². The van der Waals surface area contributed by atoms with Crippen LogP contribution < -0.4 is 10.1 Å². The van der Waals surface area contributed by atoms with Gasteiger partial charge in [-0.25, -0.2) is 4.79 Å². The second-order valence-electron chi connectivity index (χ2n) is 5.31. The van der Waals surface area contributed by atoms with Gasteiger partial charge in [0.1, 0.15) is 5.75 Å². The van der Waals surface area contributed by atoms with Gasteiger partial charge in [-0.3, -0.25) is 4.79 Å². The van der Waals surface area contributed by atoms with Crippen molar-refractivity contribution < 1.29 is 19.4 Å². The Morgan fingerprint density at radius 2 is 2.19 bits per heavy atom. The van der Waals surface area contributed by atoms with Gasteiger partial charge in [-0.2, -0.15) is 0 Å². The minimum absolute atomic E-state index is 0.210. The second kappa shape index (κ2) is 5.93. The predicted molar refractivity (Wildman–Crippen MR) is 81.6 cm³/mol. The Kier molecular flexibility index (Phi) is 4.41. The third-order valence-electron chi connectivity index (χ3n) is 3.69. The molecule has 1 aliphatic heterocycles. The number of nitrogens with zero attached hydrogens (tertiary/aromatic N) is 1. The summed E-state index contributed by atoms with van der Waals surface area (Å²) in [6.07, 6.45) is 0.458. The standard InChI is InChI=1S/C14H17BrN2O4/c1-14(12(18)19)5-6-17(8-14)13(20)16-11-4-3-9(21-2)7-10(11)15/h3-4,7H,5-6,8H2,1-2H3,(H,16,20)(H,18,19). The molecule has 0 saturated carbocycles. The Labute approximate surface area is 131 Å². The third kappa shape index (κ3) is 3.29. The smallest absolute Gasteiger partial charge is 0.321 e. The molecule has 21 heavy (non-hydrogen) atoms. The van der Waals surface area contributed by atoms with Crippen LogP contribution in [0.15, 0.2) is 22.7 Å². The van der Waals surface area contributed by atoms with Gasteiger partial charge in [-0.1, -0.05) is 0 Å². The normalized spacial score (nSPS) is 21.2. The van der Waals surface area contributed by atoms with Crippen LogP contribution in [0.2, 0.25) is 0 Å². The number of aliphatic carboxylic acids is 1. The number of carboxylic acids is 1. The molecule has 1 heterocycles. The third-order valence-corrected chi connectivity index (χ3v) is 4.35. The fraction of sp³-hybridized carbons (Fsp3) is 0.429. The predicted octanol–water partition coefficient (Wildman–Crippen LogP) is 2.79. The first-order valence-corrected chi connectivity index (χ1v) is 7.28. The summed E-state index contributed by atoms with van der Waals surface area (Å²) in [7, 11) is 1.57. The monoisotopic (exact) mass is 356 g/mol. The number of urea groups is 1. The van der Waals surface area contributed by atoms with Crippen molar-refractivity contribution in [3.63, 3.8) is 0 Å². The van der Waals surface area contributed by atoms with E-state index < -0.39 is 11.4 Å². The molecule has 114 valence electrons. The van der Waals surface area contributed by atoms with Crippen LogP contribution in [0.3, 0.4) is 0 Å². The fourth-order valence-electron chi connectivity index (χ4n) is 2.23. The van der Waals surface area contributed by atoms with E-state index in [-0.39, 0.29) is 12.6 Å². The van der Waals surface area contributed by atoms with Gasteiger partial charge < -0.3 is 20.1 Å². The van der Waals surface area contributed by atoms with Crippen molar-refractivity contribution in [2.45, 2.75) is 13.3 Å². The van der Waals surface area contributed by atoms with E-state index in [2.05, 4.69) is 21.2 Å². The van der Waals surface area contributed by atoms with Crippen LogP contribution in [0.25, 0.3) is 0 Å². The molecular formula is C14H17BrN2O4. The van der Waals surface area contributed by atoms with Crippen LogP contribution in [0.1, 0.15) is 13.3 Å². The molecule has 1 saturated heterocycles. The lowest BCUT2D eigenvalue weighted by molar-refractivity contribution is -0.146. The molecule has 1 fully saturated rings. The summed E-state index contributed by atoms with van der Waals surface area (Å²) >= 11 is 3.36. The van der Waals surface area contributed by atoms with Crippen LogP contribution in [-0.2, 0) is 4.79 Å². The summed E-state index contributed by atoms with van der Waals surface area (Å²) in [4.78, 5) is 24.9. The summed E-state index contributed by atoms with van der Waals surface area (Å²) < 4.78 is 5.79. The zero-order chi connectivity index (χ0) is 15.6. The van der Waals surface area contributed by atoms with E-state index in [1.54, 1.807) is 32.2 Å². The molecule has 2 rings (SSSR count). The molecule has 0 aromatic heterocycles. The average Bonchev–Trinajstić information content (AvgIpc) is 2.85. The number of benzene rings is 1. The van der Waals surface area contributed by atoms with Gasteiger partial charge in [0.15, 0.2) is 0 Å². The first-order valence-electron chi connectivity index (χ1n) is 6.48. The van der Waals surface area contributed by atoms with E-state index >= 15 is 0 Å². The molecule has 0 bridgehead atoms. The van der Waals surface area contributed by atoms with Crippen molar-refractivity contribution in [2.75, 3.05) is 25.5 Å². The van der Waals surface area contributed by atoms with E-state index in [4.69, 9.17) is 4.74 Å². The average molecular weight is 357 g/mol. The van der Waals surface area contributed by atoms with E-state index in [1.807, 2.05) is 0 Å². The number of amides is 2. The molecule has 1 unspecified atom stereocenters. The summed E-state index contributed by atoms with van der Waals surface area (Å²) in [5.41, 5.74) is -0.251. The van der Waals surface area contributed by atoms with Crippen LogP contribution in [0.4, 0.5) is 10.5 Å². The van der Waals surface area contributed by atoms with Crippen LogP contribution in [-0.4, -0.2) is 42.2 Å². The highest BCUT2D eigenvalue weighted by atomic mass is 79.9. The highest BCUT2D eigenvalue weighted by molar-refractivity contribution is 9.10. The Balaban J connectivity index is 2.04. The Hall–Kier alpha value is -1.76. The van der Waals surface area contributed by atoms with Gasteiger partial charge >= 0.3 is 12.0 Å². The molecule has 7 heteroatoms. The second-order valence-corrected chi connectivity index (χ2v) is 6.17. The van der Waals surface area contributed by atoms with Gasteiger partial charge in [0.05, 0.1) is 18.2 Å². The summed E-state index contributed by atoms with van der Waals surface area (Å²) in [6, 6.07) is 4.92. The number of methoxy groups -OCH3 is 1. The van der Waals surface area contributed by atoms with Gasteiger partial charge in [-0.15, -0.1) is 0 Å². The summed E-state index contributed by atoms with van der Waals surface area (Å²) in [5, 5.41) is 12.0. The summed E-state index contributed by atoms with van der Waals surface area (Å²) in [5.74, 6) is -0.192. The number of carbonyl (C=O) groups is 2. The van der Waals surface area contributed by atoms with Gasteiger partial charge in [0.2, 0.25) is 0 Å². The lowest BCUT2D eigenvalue weighted by Gasteiger charge is -2.21. The molecule has 1 aliphatic rings. The molecule has 0 aliphatic carbocycles. The number of nitrogens with one attached hydrogen (secondary N) is 1. The highest BCUT2D eigenvalue weighted by Crippen LogP contribution is 2.31. The molecule has 0 radical (unpaired) electrons. The lowest BCUT2D eigenvalue weighted by atomic mass is 9.90. The number of rotatable bonds is 3. The van der Waals surface area contributed by atoms with Gasteiger partial charge in [0, 0.05) is 17.6 Å². The van der Waals surface area contributed by atoms with Crippen LogP contribution in [0.5, 0.6) is 5.75 Å². The van der Waals surface area contributed by atoms with Crippen molar-refractivity contribution in [3.05, 3.63) is 22.7 Å². The van der Waals surface area contributed by atoms with E-state index in [1.165, 1.54) is 4.90 Å². The molecule has 2 amide bonds. The van der Waals surface area contributed by atoms with Crippen molar-refractivity contribution >= 4 is 33.6 Å². The summed E-state index contributed by atoms with van der Waals surface area (Å²) in [6.45, 7) is 2.30. The Morgan fingerprint density at radius 1 is 1.48 bits per heavy atom. The van der Waals surface area contributed by atoms with E-state index in [0.29, 0.717) is 28.9 Å². The maximum absolute atomic E-state index is 12.2. The number of halogens is 1. The molecule has 6 nitrogen and oxygen atoms in total. The zero-order valence-corrected chi connectivity index (χ0v) is 13.4. The first kappa shape index (κ1) is 15.6. The molecule has 1 atom stereocenters. The Bertz CT molecular complexity index is 578. The lowest BCUT2D eigenvalue weighted by Crippen LogP contribution is -2.37. The minimum atomic E-state index is -0.872. The minimum Gasteiger partial charge on any atom is -0.497 e. The maximum Gasteiger partial charge on any atom is 0.321 e. The quantitative estimate of drug-likeness (QED) is 0.872. The number of carboxylic acid groups (broad SMARTS) is 1. The molecule has 1 aromatic carbocycles. The SMILES string of the molecule is COc1ccc(NC(=O)N2CCC(C)(C(=O)O)C2)c(Br)c1. The number of hydrogen-bond acceptors (Lipinski definition) is 3. The van der Waals surface area contributed by atoms with Crippen molar-refractivity contribution in [1.82, 2.24) is 4.90 Å². The number of anilines is 1. The molecular weight excluding hydrogens is 340 g/mol. The Morgan fingerprint density at radius 3 is 2.71 bits per heavy atom. The van der Waals surface area contributed by atoms with Crippen molar-refractivity contribution in [2.24, 2.45) is 5.41 Å². The number of likely N-dealkylation sites (tertiary alicyclic amines) is 1. The largest absolute Gasteiger partial charge is 0.497 e. The topological polar surface area (TPSA) is 78.9 Å². The number of carbonyl (C=O) groups excluding carboxylic acids is 1. The number of ether oxygens (including phenoxy) is 1. The van der Waals surface area contributed by atoms with Gasteiger partial charge in [0.25, 0.3) is 0 Å². The maximum atomic E-state index is 12.2. The molecule has 1 aromatic rings. The zero-order valence-electron chi connectivity index (χ0n) is 11.9. The fourth-order valence-corrected chi connectivity index (χ4v) is 2.68. The van der Waals surface area contributed by atoms with Crippen molar-refractivity contribution in [3.8, 4) is 5.75 Å². The van der Waals surface area contributed by atoms with Crippen molar-refractivity contribution in [1.29, 1.82) is 0 Å². The van der Waals surface area contributed by atoms with Crippen LogP contribution in [0, 0.1) is 5.41 Å². The van der Waals surface area contributed by atoms with Gasteiger partial charge in [-0.05, 0) is 47.5 Å². The van der Waals surface area contributed by atoms with E-state index in [0.717, 1.165) is 0 Å².